The molecule has 0 atom stereocenters. The summed E-state index contributed by atoms with van der Waals surface area (Å²) in [7, 11) is 0. The van der Waals surface area contributed by atoms with E-state index in [-0.39, 0.29) is 11.3 Å². The predicted molar refractivity (Wildman–Crippen MR) is 101 cm³/mol. The Bertz CT molecular complexity index is 1180. The highest BCUT2D eigenvalue weighted by Gasteiger charge is 2.13. The van der Waals surface area contributed by atoms with Gasteiger partial charge in [-0.15, -0.1) is 0 Å². The van der Waals surface area contributed by atoms with E-state index in [1.807, 2.05) is 35.0 Å². The van der Waals surface area contributed by atoms with E-state index in [2.05, 4.69) is 25.7 Å². The normalized spacial score (nSPS) is 11.1. The molecule has 0 radical (unpaired) electrons. The van der Waals surface area contributed by atoms with Crippen LogP contribution in [-0.2, 0) is 0 Å². The van der Waals surface area contributed by atoms with Crippen LogP contribution in [-0.4, -0.2) is 31.9 Å². The second kappa shape index (κ2) is 7.04. The third kappa shape index (κ3) is 3.36. The summed E-state index contributed by atoms with van der Waals surface area (Å²) in [5.74, 6) is -0.506. The van der Waals surface area contributed by atoms with Gasteiger partial charge in [-0.3, -0.25) is 9.59 Å². The number of nitrogens with one attached hydrogen (secondary N) is 2. The minimum Gasteiger partial charge on any atom is -0.306 e. The second-order valence-corrected chi connectivity index (χ2v) is 5.71. The molecule has 4 aromatic rings. The highest BCUT2D eigenvalue weighted by molar-refractivity contribution is 6.04. The third-order valence-electron chi connectivity index (χ3n) is 3.99. The highest BCUT2D eigenvalue weighted by Crippen LogP contribution is 2.12. The Morgan fingerprint density at radius 3 is 2.63 bits per heavy atom. The van der Waals surface area contributed by atoms with E-state index in [0.717, 1.165) is 11.3 Å². The molecule has 0 saturated heterocycles. The summed E-state index contributed by atoms with van der Waals surface area (Å²) in [6.45, 7) is 0. The van der Waals surface area contributed by atoms with Gasteiger partial charge in [-0.1, -0.05) is 30.3 Å². The van der Waals surface area contributed by atoms with E-state index >= 15 is 0 Å². The van der Waals surface area contributed by atoms with Crippen molar-refractivity contribution in [2.45, 2.75) is 0 Å². The summed E-state index contributed by atoms with van der Waals surface area (Å²) in [5, 5.41) is 11.0. The minimum atomic E-state index is -0.506. The van der Waals surface area contributed by atoms with E-state index in [1.165, 1.54) is 6.21 Å². The summed E-state index contributed by atoms with van der Waals surface area (Å²) in [6, 6.07) is 14.4. The molecule has 0 aliphatic carbocycles. The van der Waals surface area contributed by atoms with Gasteiger partial charge in [-0.05, 0) is 23.8 Å². The fourth-order valence-corrected chi connectivity index (χ4v) is 2.65. The number of aromatic amines is 1. The molecule has 2 aromatic carbocycles. The molecular weight excluding hydrogens is 344 g/mol. The summed E-state index contributed by atoms with van der Waals surface area (Å²) in [4.78, 5) is 28.1. The van der Waals surface area contributed by atoms with Crippen LogP contribution in [0.2, 0.25) is 0 Å². The van der Waals surface area contributed by atoms with Crippen molar-refractivity contribution < 1.29 is 4.79 Å². The van der Waals surface area contributed by atoms with Gasteiger partial charge in [0.1, 0.15) is 0 Å². The molecule has 132 valence electrons. The quantitative estimate of drug-likeness (QED) is 0.429. The van der Waals surface area contributed by atoms with Crippen LogP contribution in [0.25, 0.3) is 16.5 Å². The number of carbonyl (C=O) groups is 1. The maximum Gasteiger partial charge on any atom is 0.292 e. The Morgan fingerprint density at radius 1 is 1.11 bits per heavy atom. The molecular formula is C19H14N6O2. The molecule has 0 aliphatic rings. The first-order valence-corrected chi connectivity index (χ1v) is 8.11. The largest absolute Gasteiger partial charge is 0.306 e. The molecule has 8 heteroatoms. The molecule has 2 heterocycles. The van der Waals surface area contributed by atoms with Gasteiger partial charge in [-0.25, -0.2) is 15.5 Å². The van der Waals surface area contributed by atoms with Crippen molar-refractivity contribution in [1.82, 2.24) is 25.2 Å². The van der Waals surface area contributed by atoms with Crippen LogP contribution in [0.15, 0.2) is 77.1 Å². The van der Waals surface area contributed by atoms with Crippen LogP contribution in [0.5, 0.6) is 0 Å². The number of rotatable bonds is 4. The number of benzene rings is 2. The lowest BCUT2D eigenvalue weighted by Crippen LogP contribution is -2.22. The molecule has 8 nitrogen and oxygen atoms in total. The maximum atomic E-state index is 12.4. The van der Waals surface area contributed by atoms with Crippen LogP contribution in [0, 0.1) is 0 Å². The molecule has 4 rings (SSSR count). The number of amides is 1. The molecule has 0 unspecified atom stereocenters. The summed E-state index contributed by atoms with van der Waals surface area (Å²) < 4.78 is 1.88. The number of hydrazone groups is 1. The van der Waals surface area contributed by atoms with Crippen LogP contribution >= 0.6 is 0 Å². The molecule has 0 bridgehead atoms. The van der Waals surface area contributed by atoms with Crippen molar-refractivity contribution in [2.75, 3.05) is 0 Å². The van der Waals surface area contributed by atoms with Crippen LogP contribution < -0.4 is 11.0 Å². The van der Waals surface area contributed by atoms with Crippen molar-refractivity contribution in [3.8, 4) is 5.69 Å². The van der Waals surface area contributed by atoms with Crippen molar-refractivity contribution in [3.05, 3.63) is 88.9 Å². The number of aromatic nitrogens is 4. The lowest BCUT2D eigenvalue weighted by Gasteiger charge is -2.03. The Balaban J connectivity index is 1.50. The van der Waals surface area contributed by atoms with Gasteiger partial charge in [0.05, 0.1) is 17.9 Å². The Hall–Kier alpha value is -4.07. The molecule has 0 spiro atoms. The summed E-state index contributed by atoms with van der Waals surface area (Å²) in [6.07, 6.45) is 6.80. The van der Waals surface area contributed by atoms with Gasteiger partial charge in [-0.2, -0.15) is 10.2 Å². The number of H-pyrrole nitrogens is 1. The third-order valence-corrected chi connectivity index (χ3v) is 3.99. The van der Waals surface area contributed by atoms with Crippen molar-refractivity contribution >= 4 is 22.9 Å². The van der Waals surface area contributed by atoms with E-state index in [0.29, 0.717) is 10.8 Å². The SMILES string of the molecule is O=C(N/N=C\c1ccc(-n2ccnc2)cc1)c1n[nH]c(=O)c2ccccc12. The van der Waals surface area contributed by atoms with E-state index in [1.54, 1.807) is 36.8 Å². The first-order chi connectivity index (χ1) is 13.2. The van der Waals surface area contributed by atoms with Crippen LogP contribution in [0.3, 0.4) is 0 Å². The number of nitrogens with zero attached hydrogens (tertiary/aromatic N) is 4. The van der Waals surface area contributed by atoms with Crippen molar-refractivity contribution in [2.24, 2.45) is 5.10 Å². The molecule has 0 aliphatic heterocycles. The Morgan fingerprint density at radius 2 is 1.89 bits per heavy atom. The van der Waals surface area contributed by atoms with Gasteiger partial charge in [0, 0.05) is 23.5 Å². The number of hydrogen-bond acceptors (Lipinski definition) is 5. The molecule has 2 N–H and O–H groups in total. The maximum absolute atomic E-state index is 12.4. The topological polar surface area (TPSA) is 105 Å². The first-order valence-electron chi connectivity index (χ1n) is 8.11. The highest BCUT2D eigenvalue weighted by atomic mass is 16.2. The lowest BCUT2D eigenvalue weighted by atomic mass is 10.1. The van der Waals surface area contributed by atoms with Gasteiger partial charge >= 0.3 is 0 Å². The molecule has 27 heavy (non-hydrogen) atoms. The van der Waals surface area contributed by atoms with E-state index in [4.69, 9.17) is 0 Å². The molecule has 0 fully saturated rings. The molecule has 2 aromatic heterocycles. The fraction of sp³-hybridized carbons (Fsp3) is 0. The van der Waals surface area contributed by atoms with E-state index < -0.39 is 5.91 Å². The fourth-order valence-electron chi connectivity index (χ4n) is 2.65. The molecule has 1 amide bonds. The Labute approximate surface area is 153 Å². The standard InChI is InChI=1S/C19H14N6O2/c26-18-16-4-2-1-3-15(16)17(22-24-18)19(27)23-21-11-13-5-7-14(8-6-13)25-10-9-20-12-25/h1-12H,(H,23,27)(H,24,26)/b21-11-. The number of imidazole rings is 1. The van der Waals surface area contributed by atoms with Crippen LogP contribution in [0.4, 0.5) is 0 Å². The van der Waals surface area contributed by atoms with Gasteiger partial charge < -0.3 is 4.57 Å². The zero-order chi connectivity index (χ0) is 18.6. The second-order valence-electron chi connectivity index (χ2n) is 5.71. The zero-order valence-corrected chi connectivity index (χ0v) is 14.0. The molecule has 0 saturated carbocycles. The lowest BCUT2D eigenvalue weighted by molar-refractivity contribution is 0.0951. The average molecular weight is 358 g/mol. The first kappa shape index (κ1) is 16.4. The van der Waals surface area contributed by atoms with Crippen LogP contribution in [0.1, 0.15) is 16.1 Å². The number of fused-ring (bicyclic) bond motifs is 1. The zero-order valence-electron chi connectivity index (χ0n) is 14.0. The van der Waals surface area contributed by atoms with Gasteiger partial charge in [0.15, 0.2) is 5.69 Å². The monoisotopic (exact) mass is 358 g/mol. The summed E-state index contributed by atoms with van der Waals surface area (Å²) in [5.41, 5.74) is 3.99. The summed E-state index contributed by atoms with van der Waals surface area (Å²) >= 11 is 0. The van der Waals surface area contributed by atoms with E-state index in [9.17, 15) is 9.59 Å². The van der Waals surface area contributed by atoms with Gasteiger partial charge in [0.2, 0.25) is 0 Å². The predicted octanol–water partition coefficient (Wildman–Crippen LogP) is 1.87. The number of hydrogen-bond donors (Lipinski definition) is 2. The van der Waals surface area contributed by atoms with Crippen molar-refractivity contribution in [1.29, 1.82) is 0 Å². The minimum absolute atomic E-state index is 0.109. The number of carbonyl (C=O) groups excluding carboxylic acids is 1. The smallest absolute Gasteiger partial charge is 0.292 e. The van der Waals surface area contributed by atoms with Gasteiger partial charge in [0.25, 0.3) is 11.5 Å². The Kier molecular flexibility index (Phi) is 4.28. The average Bonchev–Trinajstić information content (AvgIpc) is 3.24. The van der Waals surface area contributed by atoms with Crippen molar-refractivity contribution in [3.63, 3.8) is 0 Å².